The van der Waals surface area contributed by atoms with Crippen LogP contribution in [0, 0.1) is 17.0 Å². The van der Waals surface area contributed by atoms with Crippen LogP contribution in [0.1, 0.15) is 23.5 Å². The number of rotatable bonds is 3. The monoisotopic (exact) mass is 356 g/mol. The Kier molecular flexibility index (Phi) is 4.17. The minimum absolute atomic E-state index is 0.183. The Morgan fingerprint density at radius 2 is 2.08 bits per heavy atom. The van der Waals surface area contributed by atoms with Crippen LogP contribution in [-0.2, 0) is 0 Å². The van der Waals surface area contributed by atoms with E-state index in [1.807, 2.05) is 12.1 Å². The summed E-state index contributed by atoms with van der Waals surface area (Å²) in [6.45, 7) is 4.39. The molecule has 0 aromatic heterocycles. The molecule has 1 fully saturated rings. The van der Waals surface area contributed by atoms with Gasteiger partial charge in [-0.05, 0) is 36.6 Å². The molecular weight excluding hydrogens is 334 g/mol. The highest BCUT2D eigenvalue weighted by molar-refractivity contribution is 8.00. The Morgan fingerprint density at radius 3 is 2.88 bits per heavy atom. The van der Waals surface area contributed by atoms with E-state index in [1.165, 1.54) is 28.8 Å². The summed E-state index contributed by atoms with van der Waals surface area (Å²) in [7, 11) is 2.25. The molecule has 2 aliphatic rings. The summed E-state index contributed by atoms with van der Waals surface area (Å²) in [5.74, 6) is 0.499. The Morgan fingerprint density at radius 1 is 1.28 bits per heavy atom. The van der Waals surface area contributed by atoms with E-state index in [0.29, 0.717) is 16.9 Å². The number of quaternary nitrogens is 1. The van der Waals surface area contributed by atoms with E-state index in [2.05, 4.69) is 36.5 Å². The first kappa shape index (κ1) is 16.4. The largest absolute Gasteiger partial charge is 0.337 e. The summed E-state index contributed by atoms with van der Waals surface area (Å²) < 4.78 is 2.33. The summed E-state index contributed by atoms with van der Waals surface area (Å²) >= 11 is 1.52. The minimum Gasteiger partial charge on any atom is -0.337 e. The van der Waals surface area contributed by atoms with Gasteiger partial charge in [-0.2, -0.15) is 0 Å². The fourth-order valence-electron chi connectivity index (χ4n) is 4.07. The second-order valence-corrected chi connectivity index (χ2v) is 8.09. The first-order chi connectivity index (χ1) is 12.0. The van der Waals surface area contributed by atoms with Gasteiger partial charge in [0.05, 0.1) is 42.7 Å². The molecule has 25 heavy (non-hydrogen) atoms. The van der Waals surface area contributed by atoms with Crippen LogP contribution < -0.4 is 9.21 Å². The van der Waals surface area contributed by atoms with Gasteiger partial charge < -0.3 is 9.21 Å². The van der Waals surface area contributed by atoms with Crippen molar-refractivity contribution in [3.8, 4) is 0 Å². The van der Waals surface area contributed by atoms with E-state index >= 15 is 0 Å². The third kappa shape index (κ3) is 2.89. The van der Waals surface area contributed by atoms with Crippen LogP contribution in [0.15, 0.2) is 47.4 Å². The highest BCUT2D eigenvalue weighted by atomic mass is 32.2. The SMILES string of the molecule is Cc1ccc2c(c1)[C@@H]1C[NH+](C)CC[C@H]1N2Sc1ccccc1[N+](=O)[O-]. The van der Waals surface area contributed by atoms with Crippen molar-refractivity contribution in [1.82, 2.24) is 0 Å². The lowest BCUT2D eigenvalue weighted by Crippen LogP contribution is -3.11. The zero-order valence-electron chi connectivity index (χ0n) is 14.4. The third-order valence-corrected chi connectivity index (χ3v) is 6.49. The van der Waals surface area contributed by atoms with E-state index in [1.54, 1.807) is 17.0 Å². The number of nitrogens with one attached hydrogen (secondary N) is 1. The Labute approximate surface area is 151 Å². The van der Waals surface area contributed by atoms with E-state index < -0.39 is 0 Å². The quantitative estimate of drug-likeness (QED) is 0.522. The van der Waals surface area contributed by atoms with Gasteiger partial charge in [0.1, 0.15) is 4.90 Å². The molecule has 1 unspecified atom stereocenters. The summed E-state index contributed by atoms with van der Waals surface area (Å²) in [5, 5.41) is 11.4. The fourth-order valence-corrected chi connectivity index (χ4v) is 5.30. The molecule has 6 heteroatoms. The molecule has 0 spiro atoms. The number of aryl methyl sites for hydroxylation is 1. The van der Waals surface area contributed by atoms with Crippen LogP contribution in [0.25, 0.3) is 0 Å². The zero-order valence-corrected chi connectivity index (χ0v) is 15.3. The van der Waals surface area contributed by atoms with Crippen molar-refractivity contribution in [2.75, 3.05) is 24.4 Å². The van der Waals surface area contributed by atoms with Crippen molar-refractivity contribution in [2.45, 2.75) is 30.2 Å². The Hall–Kier alpha value is -2.05. The topological polar surface area (TPSA) is 50.8 Å². The van der Waals surface area contributed by atoms with E-state index in [0.717, 1.165) is 19.5 Å². The van der Waals surface area contributed by atoms with Crippen molar-refractivity contribution in [3.05, 3.63) is 63.7 Å². The summed E-state index contributed by atoms with van der Waals surface area (Å²) in [5.41, 5.74) is 4.08. The molecule has 0 aliphatic carbocycles. The second-order valence-electron chi connectivity index (χ2n) is 7.08. The number of fused-ring (bicyclic) bond motifs is 3. The van der Waals surface area contributed by atoms with E-state index in [4.69, 9.17) is 0 Å². The van der Waals surface area contributed by atoms with Crippen LogP contribution in [0.4, 0.5) is 11.4 Å². The lowest BCUT2D eigenvalue weighted by Gasteiger charge is -2.34. The average Bonchev–Trinajstić information content (AvgIpc) is 2.88. The van der Waals surface area contributed by atoms with Crippen LogP contribution >= 0.6 is 11.9 Å². The highest BCUT2D eigenvalue weighted by Crippen LogP contribution is 2.49. The van der Waals surface area contributed by atoms with Gasteiger partial charge in [-0.3, -0.25) is 10.1 Å². The molecule has 1 N–H and O–H groups in total. The van der Waals surface area contributed by atoms with Gasteiger partial charge in [-0.15, -0.1) is 0 Å². The van der Waals surface area contributed by atoms with Gasteiger partial charge in [-0.25, -0.2) is 0 Å². The van der Waals surface area contributed by atoms with Gasteiger partial charge in [-0.1, -0.05) is 29.8 Å². The summed E-state index contributed by atoms with van der Waals surface area (Å²) in [6, 6.07) is 14.1. The van der Waals surface area contributed by atoms with E-state index in [9.17, 15) is 10.1 Å². The predicted octanol–water partition coefficient (Wildman–Crippen LogP) is 2.80. The van der Waals surface area contributed by atoms with Crippen LogP contribution in [0.2, 0.25) is 0 Å². The van der Waals surface area contributed by atoms with Crippen molar-refractivity contribution in [3.63, 3.8) is 0 Å². The molecule has 1 saturated heterocycles. The number of nitro groups is 1. The summed E-state index contributed by atoms with van der Waals surface area (Å²) in [6.07, 6.45) is 1.11. The predicted molar refractivity (Wildman–Crippen MR) is 100 cm³/mol. The number of hydrogen-bond donors (Lipinski definition) is 1. The van der Waals surface area contributed by atoms with Crippen LogP contribution in [0.3, 0.4) is 0 Å². The standard InChI is InChI=1S/C19H21N3O2S/c1-13-7-8-16-14(11-13)15-12-20(2)10-9-17(15)21(16)25-19-6-4-3-5-18(19)22(23)24/h3-8,11,15,17H,9-10,12H2,1-2H3/p+1/t15-,17+/m0/s1. The van der Waals surface area contributed by atoms with Crippen molar-refractivity contribution < 1.29 is 9.82 Å². The van der Waals surface area contributed by atoms with Gasteiger partial charge >= 0.3 is 0 Å². The van der Waals surface area contributed by atoms with Crippen molar-refractivity contribution in [1.29, 1.82) is 0 Å². The van der Waals surface area contributed by atoms with Crippen LogP contribution in [0.5, 0.6) is 0 Å². The second kappa shape index (κ2) is 6.35. The molecule has 2 aliphatic heterocycles. The maximum atomic E-state index is 11.4. The number of likely N-dealkylation sites (tertiary alicyclic amines) is 1. The van der Waals surface area contributed by atoms with Gasteiger partial charge in [0.15, 0.2) is 0 Å². The number of benzene rings is 2. The smallest absolute Gasteiger partial charge is 0.284 e. The van der Waals surface area contributed by atoms with Gasteiger partial charge in [0, 0.05) is 12.5 Å². The lowest BCUT2D eigenvalue weighted by molar-refractivity contribution is -0.886. The molecule has 3 atom stereocenters. The number of nitrogens with zero attached hydrogens (tertiary/aromatic N) is 2. The average molecular weight is 356 g/mol. The van der Waals surface area contributed by atoms with Gasteiger partial charge in [0.25, 0.3) is 5.69 Å². The third-order valence-electron chi connectivity index (χ3n) is 5.28. The number of anilines is 1. The Balaban J connectivity index is 1.74. The molecule has 0 bridgehead atoms. The highest BCUT2D eigenvalue weighted by Gasteiger charge is 2.44. The molecule has 2 aromatic carbocycles. The molecule has 5 nitrogen and oxygen atoms in total. The van der Waals surface area contributed by atoms with Crippen LogP contribution in [-0.4, -0.2) is 31.1 Å². The van der Waals surface area contributed by atoms with Gasteiger partial charge in [0.2, 0.25) is 0 Å². The maximum Gasteiger partial charge on any atom is 0.284 e. The molecule has 0 radical (unpaired) electrons. The normalized spacial score (nSPS) is 24.7. The zero-order chi connectivity index (χ0) is 17.6. The number of hydrogen-bond acceptors (Lipinski definition) is 4. The molecule has 0 amide bonds. The molecule has 2 aromatic rings. The number of piperidine rings is 1. The number of likely N-dealkylation sites (N-methyl/N-ethyl adjacent to an activating group) is 1. The number of para-hydroxylation sites is 1. The molecule has 130 valence electrons. The summed E-state index contributed by atoms with van der Waals surface area (Å²) in [4.78, 5) is 13.4. The maximum absolute atomic E-state index is 11.4. The minimum atomic E-state index is -0.287. The fraction of sp³-hybridized carbons (Fsp3) is 0.368. The van der Waals surface area contributed by atoms with Crippen molar-refractivity contribution in [2.24, 2.45) is 0 Å². The first-order valence-corrected chi connectivity index (χ1v) is 9.44. The van der Waals surface area contributed by atoms with E-state index in [-0.39, 0.29) is 10.6 Å². The molecular formula is C19H22N3O2S+. The molecule has 2 heterocycles. The van der Waals surface area contributed by atoms with Crippen molar-refractivity contribution >= 4 is 23.3 Å². The first-order valence-electron chi connectivity index (χ1n) is 8.67. The molecule has 0 saturated carbocycles. The Bertz CT molecular complexity index is 826. The molecule has 4 rings (SSSR count). The lowest BCUT2D eigenvalue weighted by atomic mass is 9.89. The number of nitro benzene ring substituents is 1.